The van der Waals surface area contributed by atoms with E-state index in [4.69, 9.17) is 10.00 Å². The Hall–Kier alpha value is -1.38. The van der Waals surface area contributed by atoms with Gasteiger partial charge >= 0.3 is 0 Å². The molecule has 2 rings (SSSR count). The molecule has 0 fully saturated rings. The molecule has 5 heteroatoms. The van der Waals surface area contributed by atoms with Crippen LogP contribution in [0, 0.1) is 17.1 Å². The second kappa shape index (κ2) is 6.18. The third-order valence-electron chi connectivity index (χ3n) is 2.43. The lowest BCUT2D eigenvalue weighted by Crippen LogP contribution is -1.92. The third kappa shape index (κ3) is 3.34. The molecule has 96 valence electrons. The molecule has 0 heterocycles. The molecule has 0 aliphatic carbocycles. The van der Waals surface area contributed by atoms with E-state index in [9.17, 15) is 4.39 Å². The van der Waals surface area contributed by atoms with Gasteiger partial charge in [0.2, 0.25) is 0 Å². The highest BCUT2D eigenvalue weighted by molar-refractivity contribution is 9.10. The lowest BCUT2D eigenvalue weighted by atomic mass is 10.1. The molecule has 0 N–H and O–H groups in total. The number of hydrogen-bond donors (Lipinski definition) is 0. The van der Waals surface area contributed by atoms with Gasteiger partial charge in [-0.2, -0.15) is 5.26 Å². The van der Waals surface area contributed by atoms with E-state index < -0.39 is 5.82 Å². The second-order valence-electron chi connectivity index (χ2n) is 3.75. The Kier molecular flexibility index (Phi) is 4.56. The smallest absolute Gasteiger partial charge is 0.165 e. The van der Waals surface area contributed by atoms with Crippen LogP contribution in [0.5, 0.6) is 11.5 Å². The Bertz CT molecular complexity index is 652. The molecular formula is C14H8Br2FNO. The first-order valence-electron chi connectivity index (χ1n) is 5.36. The maximum atomic E-state index is 13.6. The molecule has 0 spiro atoms. The molecule has 0 unspecified atom stereocenters. The number of benzene rings is 2. The first-order valence-corrected chi connectivity index (χ1v) is 7.27. The third-order valence-corrected chi connectivity index (χ3v) is 3.57. The lowest BCUT2D eigenvalue weighted by Gasteiger charge is -2.09. The molecule has 0 aliphatic rings. The summed E-state index contributed by atoms with van der Waals surface area (Å²) in [6, 6.07) is 11.6. The van der Waals surface area contributed by atoms with Crippen LogP contribution in [0.4, 0.5) is 4.39 Å². The average Bonchev–Trinajstić information content (AvgIpc) is 2.43. The molecule has 0 aliphatic heterocycles. The number of nitriles is 1. The molecule has 0 amide bonds. The van der Waals surface area contributed by atoms with Gasteiger partial charge < -0.3 is 4.74 Å². The van der Waals surface area contributed by atoms with Crippen molar-refractivity contribution in [3.63, 3.8) is 0 Å². The van der Waals surface area contributed by atoms with Gasteiger partial charge in [-0.1, -0.05) is 37.9 Å². The molecule has 0 aromatic heterocycles. The van der Waals surface area contributed by atoms with Crippen LogP contribution in [0.1, 0.15) is 11.1 Å². The van der Waals surface area contributed by atoms with E-state index in [-0.39, 0.29) is 5.75 Å². The van der Waals surface area contributed by atoms with E-state index in [2.05, 4.69) is 31.9 Å². The first kappa shape index (κ1) is 14.0. The van der Waals surface area contributed by atoms with Gasteiger partial charge in [-0.15, -0.1) is 0 Å². The molecule has 2 aromatic carbocycles. The fourth-order valence-corrected chi connectivity index (χ4v) is 2.20. The van der Waals surface area contributed by atoms with E-state index in [1.807, 2.05) is 12.1 Å². The number of alkyl halides is 1. The normalized spacial score (nSPS) is 10.0. The maximum absolute atomic E-state index is 13.6. The fraction of sp³-hybridized carbons (Fsp3) is 0.0714. The van der Waals surface area contributed by atoms with Gasteiger partial charge in [0.1, 0.15) is 11.8 Å². The predicted molar refractivity (Wildman–Crippen MR) is 78.0 cm³/mol. The molecule has 2 nitrogen and oxygen atoms in total. The first-order chi connectivity index (χ1) is 9.13. The van der Waals surface area contributed by atoms with Crippen molar-refractivity contribution in [3.05, 3.63) is 57.8 Å². The van der Waals surface area contributed by atoms with Crippen LogP contribution in [0.25, 0.3) is 0 Å². The SMILES string of the molecule is N#Cc1cc(CBr)ccc1Oc1cc(Br)ccc1F. The summed E-state index contributed by atoms with van der Waals surface area (Å²) in [5.74, 6) is -0.0571. The number of hydrogen-bond acceptors (Lipinski definition) is 2. The molecule has 0 saturated carbocycles. The Morgan fingerprint density at radius 1 is 1.16 bits per heavy atom. The van der Waals surface area contributed by atoms with Crippen LogP contribution < -0.4 is 4.74 Å². The lowest BCUT2D eigenvalue weighted by molar-refractivity contribution is 0.440. The Morgan fingerprint density at radius 2 is 1.95 bits per heavy atom. The number of ether oxygens (including phenoxy) is 1. The minimum absolute atomic E-state index is 0.0810. The summed E-state index contributed by atoms with van der Waals surface area (Å²) in [5.41, 5.74) is 1.33. The molecule has 0 saturated heterocycles. The van der Waals surface area contributed by atoms with E-state index in [1.54, 1.807) is 18.2 Å². The van der Waals surface area contributed by atoms with E-state index in [1.165, 1.54) is 12.1 Å². The van der Waals surface area contributed by atoms with Crippen molar-refractivity contribution in [1.29, 1.82) is 5.26 Å². The summed E-state index contributed by atoms with van der Waals surface area (Å²) in [6.45, 7) is 0. The highest BCUT2D eigenvalue weighted by Crippen LogP contribution is 2.30. The van der Waals surface area contributed by atoms with Gasteiger partial charge in [-0.05, 0) is 35.9 Å². The Morgan fingerprint density at radius 3 is 2.63 bits per heavy atom. The van der Waals surface area contributed by atoms with Gasteiger partial charge in [-0.25, -0.2) is 4.39 Å². The van der Waals surface area contributed by atoms with Crippen molar-refractivity contribution in [2.75, 3.05) is 0 Å². The largest absolute Gasteiger partial charge is 0.453 e. The predicted octanol–water partition coefficient (Wildman–Crippen LogP) is 5.15. The Balaban J connectivity index is 2.38. The van der Waals surface area contributed by atoms with Crippen molar-refractivity contribution < 1.29 is 9.13 Å². The van der Waals surface area contributed by atoms with E-state index >= 15 is 0 Å². The zero-order valence-corrected chi connectivity index (χ0v) is 12.8. The van der Waals surface area contributed by atoms with Crippen LogP contribution in [0.15, 0.2) is 40.9 Å². The summed E-state index contributed by atoms with van der Waals surface area (Å²) in [4.78, 5) is 0. The average molecular weight is 385 g/mol. The van der Waals surface area contributed by atoms with Crippen molar-refractivity contribution in [2.24, 2.45) is 0 Å². The molecule has 0 atom stereocenters. The fourth-order valence-electron chi connectivity index (χ4n) is 1.51. The van der Waals surface area contributed by atoms with Crippen LogP contribution in [0.2, 0.25) is 0 Å². The zero-order valence-electron chi connectivity index (χ0n) is 9.66. The van der Waals surface area contributed by atoms with Crippen LogP contribution in [0.3, 0.4) is 0 Å². The van der Waals surface area contributed by atoms with Gasteiger partial charge in [0.25, 0.3) is 0 Å². The summed E-state index contributed by atoms with van der Waals surface area (Å²) in [5, 5.41) is 9.74. The quantitative estimate of drug-likeness (QED) is 0.685. The maximum Gasteiger partial charge on any atom is 0.165 e. The molecule has 0 radical (unpaired) electrons. The minimum Gasteiger partial charge on any atom is -0.453 e. The topological polar surface area (TPSA) is 33.0 Å². The number of rotatable bonds is 3. The summed E-state index contributed by atoms with van der Waals surface area (Å²) >= 11 is 6.57. The van der Waals surface area contributed by atoms with Gasteiger partial charge in [-0.3, -0.25) is 0 Å². The van der Waals surface area contributed by atoms with E-state index in [0.717, 1.165) is 5.56 Å². The summed E-state index contributed by atoms with van der Waals surface area (Å²) in [7, 11) is 0. The molecular weight excluding hydrogens is 377 g/mol. The number of halogens is 3. The Labute approximate surface area is 127 Å². The van der Waals surface area contributed by atoms with Crippen molar-refractivity contribution in [1.82, 2.24) is 0 Å². The summed E-state index contributed by atoms with van der Waals surface area (Å²) < 4.78 is 19.8. The van der Waals surface area contributed by atoms with Gasteiger partial charge in [0, 0.05) is 9.80 Å². The van der Waals surface area contributed by atoms with Gasteiger partial charge in [0.15, 0.2) is 11.6 Å². The highest BCUT2D eigenvalue weighted by Gasteiger charge is 2.09. The second-order valence-corrected chi connectivity index (χ2v) is 5.23. The zero-order chi connectivity index (χ0) is 13.8. The molecule has 0 bridgehead atoms. The monoisotopic (exact) mass is 383 g/mol. The molecule has 2 aromatic rings. The highest BCUT2D eigenvalue weighted by atomic mass is 79.9. The van der Waals surface area contributed by atoms with Crippen LogP contribution in [-0.4, -0.2) is 0 Å². The van der Waals surface area contributed by atoms with Crippen molar-refractivity contribution >= 4 is 31.9 Å². The number of nitrogens with zero attached hydrogens (tertiary/aromatic N) is 1. The standard InChI is InChI=1S/C14H8Br2FNO/c15-7-9-1-4-13(10(5-9)8-18)19-14-6-11(16)2-3-12(14)17/h1-6H,7H2. The van der Waals surface area contributed by atoms with Crippen molar-refractivity contribution in [3.8, 4) is 17.6 Å². The minimum atomic E-state index is -0.475. The van der Waals surface area contributed by atoms with Crippen LogP contribution in [-0.2, 0) is 5.33 Å². The summed E-state index contributed by atoms with van der Waals surface area (Å²) in [6.07, 6.45) is 0. The molecule has 19 heavy (non-hydrogen) atoms. The van der Waals surface area contributed by atoms with Crippen molar-refractivity contribution in [2.45, 2.75) is 5.33 Å². The van der Waals surface area contributed by atoms with Gasteiger partial charge in [0.05, 0.1) is 5.56 Å². The van der Waals surface area contributed by atoms with E-state index in [0.29, 0.717) is 21.1 Å². The van der Waals surface area contributed by atoms with Crippen LogP contribution >= 0.6 is 31.9 Å².